The van der Waals surface area contributed by atoms with E-state index >= 15 is 0 Å². The minimum atomic E-state index is -0.327. The Hall–Kier alpha value is -2.66. The van der Waals surface area contributed by atoms with Crippen LogP contribution in [0.1, 0.15) is 11.1 Å². The SMILES string of the molecule is Cc1ccc(NC(=O)/C=C/c2coc3ccccc3c2=O)c(Br)c1. The predicted molar refractivity (Wildman–Crippen MR) is 99.0 cm³/mol. The second-order valence-electron chi connectivity index (χ2n) is 5.32. The van der Waals surface area contributed by atoms with Gasteiger partial charge in [0.2, 0.25) is 5.91 Å². The van der Waals surface area contributed by atoms with Gasteiger partial charge in [0.15, 0.2) is 5.43 Å². The van der Waals surface area contributed by atoms with Gasteiger partial charge in [0.25, 0.3) is 0 Å². The Balaban J connectivity index is 1.81. The van der Waals surface area contributed by atoms with Crippen LogP contribution in [-0.4, -0.2) is 5.91 Å². The van der Waals surface area contributed by atoms with Crippen molar-refractivity contribution < 1.29 is 9.21 Å². The number of hydrogen-bond acceptors (Lipinski definition) is 3. The molecule has 0 atom stereocenters. The van der Waals surface area contributed by atoms with Crippen LogP contribution in [0.4, 0.5) is 5.69 Å². The normalized spacial score (nSPS) is 11.1. The Morgan fingerprint density at radius 1 is 1.21 bits per heavy atom. The molecule has 0 radical (unpaired) electrons. The number of nitrogens with one attached hydrogen (secondary N) is 1. The molecule has 1 heterocycles. The van der Waals surface area contributed by atoms with Crippen LogP contribution in [0, 0.1) is 6.92 Å². The van der Waals surface area contributed by atoms with E-state index in [-0.39, 0.29) is 11.3 Å². The summed E-state index contributed by atoms with van der Waals surface area (Å²) in [5.74, 6) is -0.327. The molecular weight excluding hydrogens is 370 g/mol. The summed E-state index contributed by atoms with van der Waals surface area (Å²) in [6, 6.07) is 12.6. The van der Waals surface area contributed by atoms with Crippen LogP contribution in [0.25, 0.3) is 17.0 Å². The number of halogens is 1. The maximum absolute atomic E-state index is 12.3. The van der Waals surface area contributed by atoms with Crippen molar-refractivity contribution in [3.63, 3.8) is 0 Å². The van der Waals surface area contributed by atoms with Gasteiger partial charge in [0.1, 0.15) is 11.8 Å². The second kappa shape index (κ2) is 6.84. The van der Waals surface area contributed by atoms with Crippen molar-refractivity contribution >= 4 is 44.6 Å². The zero-order valence-electron chi connectivity index (χ0n) is 12.9. The lowest BCUT2D eigenvalue weighted by Gasteiger charge is -2.05. The molecule has 120 valence electrons. The van der Waals surface area contributed by atoms with Crippen molar-refractivity contribution in [2.45, 2.75) is 6.92 Å². The zero-order valence-corrected chi connectivity index (χ0v) is 14.5. The molecule has 2 aromatic carbocycles. The maximum Gasteiger partial charge on any atom is 0.248 e. The first-order valence-electron chi connectivity index (χ1n) is 7.30. The first kappa shape index (κ1) is 16.2. The van der Waals surface area contributed by atoms with Crippen molar-refractivity contribution in [3.8, 4) is 0 Å². The summed E-state index contributed by atoms with van der Waals surface area (Å²) in [7, 11) is 0. The molecule has 3 rings (SSSR count). The molecule has 0 aliphatic rings. The van der Waals surface area contributed by atoms with Crippen molar-refractivity contribution in [2.24, 2.45) is 0 Å². The number of aryl methyl sites for hydroxylation is 1. The summed E-state index contributed by atoms with van der Waals surface area (Å²) in [6.07, 6.45) is 4.12. The van der Waals surface area contributed by atoms with E-state index in [1.165, 1.54) is 18.4 Å². The molecule has 0 saturated carbocycles. The lowest BCUT2D eigenvalue weighted by Crippen LogP contribution is -2.09. The van der Waals surface area contributed by atoms with Crippen LogP contribution in [0.2, 0.25) is 0 Å². The monoisotopic (exact) mass is 383 g/mol. The van der Waals surface area contributed by atoms with Crippen LogP contribution in [0.5, 0.6) is 0 Å². The topological polar surface area (TPSA) is 59.3 Å². The minimum absolute atomic E-state index is 0.169. The van der Waals surface area contributed by atoms with Gasteiger partial charge in [-0.3, -0.25) is 9.59 Å². The second-order valence-corrected chi connectivity index (χ2v) is 6.18. The number of benzene rings is 2. The molecule has 24 heavy (non-hydrogen) atoms. The van der Waals surface area contributed by atoms with E-state index in [1.54, 1.807) is 24.3 Å². The summed E-state index contributed by atoms with van der Waals surface area (Å²) in [6.45, 7) is 1.97. The summed E-state index contributed by atoms with van der Waals surface area (Å²) < 4.78 is 6.22. The van der Waals surface area contributed by atoms with E-state index in [4.69, 9.17) is 4.42 Å². The highest BCUT2D eigenvalue weighted by atomic mass is 79.9. The molecule has 0 aliphatic carbocycles. The number of para-hydroxylation sites is 1. The highest BCUT2D eigenvalue weighted by Crippen LogP contribution is 2.23. The molecular formula is C19H14BrNO3. The van der Waals surface area contributed by atoms with Gasteiger partial charge < -0.3 is 9.73 Å². The van der Waals surface area contributed by atoms with E-state index in [2.05, 4.69) is 21.2 Å². The molecule has 0 fully saturated rings. The highest BCUT2D eigenvalue weighted by Gasteiger charge is 2.06. The summed E-state index contributed by atoms with van der Waals surface area (Å²) in [4.78, 5) is 24.4. The molecule has 0 unspecified atom stereocenters. The maximum atomic E-state index is 12.3. The van der Waals surface area contributed by atoms with Gasteiger partial charge in [-0.25, -0.2) is 0 Å². The molecule has 0 aliphatic heterocycles. The van der Waals surface area contributed by atoms with Gasteiger partial charge in [-0.2, -0.15) is 0 Å². The Kier molecular flexibility index (Phi) is 4.62. The van der Waals surface area contributed by atoms with E-state index in [1.807, 2.05) is 25.1 Å². The van der Waals surface area contributed by atoms with Gasteiger partial charge in [-0.05, 0) is 58.8 Å². The zero-order chi connectivity index (χ0) is 17.1. The van der Waals surface area contributed by atoms with Gasteiger partial charge in [-0.15, -0.1) is 0 Å². The Morgan fingerprint density at radius 2 is 2.00 bits per heavy atom. The van der Waals surface area contributed by atoms with Crippen LogP contribution in [0.15, 0.2) is 68.5 Å². The smallest absolute Gasteiger partial charge is 0.248 e. The Morgan fingerprint density at radius 3 is 2.79 bits per heavy atom. The van der Waals surface area contributed by atoms with Gasteiger partial charge in [0.05, 0.1) is 16.6 Å². The first-order chi connectivity index (χ1) is 11.5. The summed E-state index contributed by atoms with van der Waals surface area (Å²) >= 11 is 3.41. The van der Waals surface area contributed by atoms with Gasteiger partial charge in [0, 0.05) is 10.5 Å². The molecule has 0 bridgehead atoms. The van der Waals surface area contributed by atoms with Crippen molar-refractivity contribution in [1.82, 2.24) is 0 Å². The lowest BCUT2D eigenvalue weighted by atomic mass is 10.1. The quantitative estimate of drug-likeness (QED) is 0.676. The molecule has 0 saturated heterocycles. The molecule has 3 aromatic rings. The van der Waals surface area contributed by atoms with Gasteiger partial charge >= 0.3 is 0 Å². The number of hydrogen-bond donors (Lipinski definition) is 1. The van der Waals surface area contributed by atoms with Crippen LogP contribution < -0.4 is 10.7 Å². The fourth-order valence-electron chi connectivity index (χ4n) is 2.27. The summed E-state index contributed by atoms with van der Waals surface area (Å²) in [5.41, 5.74) is 2.43. The molecule has 1 aromatic heterocycles. The molecule has 1 N–H and O–H groups in total. The van der Waals surface area contributed by atoms with Crippen molar-refractivity contribution in [1.29, 1.82) is 0 Å². The number of anilines is 1. The number of rotatable bonds is 3. The van der Waals surface area contributed by atoms with Crippen molar-refractivity contribution in [2.75, 3.05) is 5.32 Å². The number of fused-ring (bicyclic) bond motifs is 1. The van der Waals surface area contributed by atoms with Gasteiger partial charge in [-0.1, -0.05) is 18.2 Å². The Labute approximate surface area is 146 Å². The van der Waals surface area contributed by atoms with E-state index in [0.29, 0.717) is 22.2 Å². The van der Waals surface area contributed by atoms with E-state index in [9.17, 15) is 9.59 Å². The van der Waals surface area contributed by atoms with E-state index < -0.39 is 0 Å². The van der Waals surface area contributed by atoms with E-state index in [0.717, 1.165) is 10.0 Å². The predicted octanol–water partition coefficient (Wildman–Crippen LogP) is 4.52. The minimum Gasteiger partial charge on any atom is -0.463 e. The van der Waals surface area contributed by atoms with Crippen LogP contribution >= 0.6 is 15.9 Å². The van der Waals surface area contributed by atoms with Crippen LogP contribution in [0.3, 0.4) is 0 Å². The average molecular weight is 384 g/mol. The standard InChI is InChI=1S/C19H14BrNO3/c1-12-6-8-16(15(20)10-12)21-18(22)9-7-13-11-24-17-5-3-2-4-14(17)19(13)23/h2-11H,1H3,(H,21,22)/b9-7+. The highest BCUT2D eigenvalue weighted by molar-refractivity contribution is 9.10. The van der Waals surface area contributed by atoms with Crippen molar-refractivity contribution in [3.05, 3.63) is 80.6 Å². The number of carbonyl (C=O) groups excluding carboxylic acids is 1. The fraction of sp³-hybridized carbons (Fsp3) is 0.0526. The summed E-state index contributed by atoms with van der Waals surface area (Å²) in [5, 5.41) is 3.25. The molecule has 1 amide bonds. The third-order valence-corrected chi connectivity index (χ3v) is 4.16. The largest absolute Gasteiger partial charge is 0.463 e. The average Bonchev–Trinajstić information content (AvgIpc) is 2.57. The molecule has 4 nitrogen and oxygen atoms in total. The first-order valence-corrected chi connectivity index (χ1v) is 8.09. The van der Waals surface area contributed by atoms with Crippen LogP contribution in [-0.2, 0) is 4.79 Å². The number of amides is 1. The molecule has 0 spiro atoms. The Bertz CT molecular complexity index is 1000. The lowest BCUT2D eigenvalue weighted by molar-refractivity contribution is -0.111. The molecule has 5 heteroatoms. The third-order valence-electron chi connectivity index (χ3n) is 3.50. The number of carbonyl (C=O) groups is 1. The third kappa shape index (κ3) is 3.46. The fourth-order valence-corrected chi connectivity index (χ4v) is 2.86.